The number of nitrogens with one attached hydrogen (secondary N) is 1. The van der Waals surface area contributed by atoms with Gasteiger partial charge in [0.2, 0.25) is 5.91 Å². The Kier molecular flexibility index (Phi) is 6.28. The lowest BCUT2D eigenvalue weighted by molar-refractivity contribution is -0.131. The number of para-hydroxylation sites is 1. The second-order valence-electron chi connectivity index (χ2n) is 6.81. The molecule has 0 spiro atoms. The number of piperidine rings is 1. The summed E-state index contributed by atoms with van der Waals surface area (Å²) in [7, 11) is 1.60. The maximum Gasteiger partial charge on any atom is 0.251 e. The predicted octanol–water partition coefficient (Wildman–Crippen LogP) is 2.53. The molecule has 0 aliphatic carbocycles. The first-order valence-corrected chi connectivity index (χ1v) is 9.31. The maximum atomic E-state index is 12.6. The van der Waals surface area contributed by atoms with Crippen LogP contribution >= 0.6 is 0 Å². The summed E-state index contributed by atoms with van der Waals surface area (Å²) in [6.45, 7) is 1.22. The highest BCUT2D eigenvalue weighted by Crippen LogP contribution is 2.20. The summed E-state index contributed by atoms with van der Waals surface area (Å²) in [5.41, 5.74) is 1.82. The third-order valence-corrected chi connectivity index (χ3v) is 4.97. The van der Waals surface area contributed by atoms with Crippen LogP contribution in [0.3, 0.4) is 0 Å². The molecule has 1 fully saturated rings. The summed E-state index contributed by atoms with van der Waals surface area (Å²) in [5, 5.41) is 12.0. The number of nitriles is 1. The van der Waals surface area contributed by atoms with Gasteiger partial charge in [-0.25, -0.2) is 0 Å². The Morgan fingerprint density at radius 2 is 1.93 bits per heavy atom. The minimum absolute atomic E-state index is 0.0218. The van der Waals surface area contributed by atoms with E-state index < -0.39 is 0 Å². The highest BCUT2D eigenvalue weighted by Gasteiger charge is 2.24. The molecule has 1 aliphatic rings. The zero-order valence-corrected chi connectivity index (χ0v) is 15.9. The predicted molar refractivity (Wildman–Crippen MR) is 105 cm³/mol. The zero-order chi connectivity index (χ0) is 19.9. The van der Waals surface area contributed by atoms with Gasteiger partial charge in [0, 0.05) is 30.3 Å². The first-order chi connectivity index (χ1) is 13.6. The molecular weight excluding hydrogens is 354 g/mol. The van der Waals surface area contributed by atoms with Crippen molar-refractivity contribution < 1.29 is 14.3 Å². The summed E-state index contributed by atoms with van der Waals surface area (Å²) in [4.78, 5) is 26.8. The van der Waals surface area contributed by atoms with Gasteiger partial charge in [-0.05, 0) is 37.1 Å². The van der Waals surface area contributed by atoms with Crippen LogP contribution in [0.4, 0.5) is 0 Å². The van der Waals surface area contributed by atoms with Crippen LogP contribution in [-0.2, 0) is 11.2 Å². The molecule has 6 heteroatoms. The van der Waals surface area contributed by atoms with Crippen LogP contribution in [-0.4, -0.2) is 43.0 Å². The van der Waals surface area contributed by atoms with E-state index in [9.17, 15) is 9.59 Å². The van der Waals surface area contributed by atoms with Gasteiger partial charge in [-0.15, -0.1) is 0 Å². The number of hydrogen-bond acceptors (Lipinski definition) is 4. The molecule has 6 nitrogen and oxygen atoms in total. The van der Waals surface area contributed by atoms with Crippen molar-refractivity contribution in [3.05, 3.63) is 65.2 Å². The molecule has 144 valence electrons. The topological polar surface area (TPSA) is 82.4 Å². The van der Waals surface area contributed by atoms with Crippen LogP contribution in [0.1, 0.15) is 34.3 Å². The number of carbonyl (C=O) groups is 2. The van der Waals surface area contributed by atoms with E-state index in [1.165, 1.54) is 0 Å². The highest BCUT2D eigenvalue weighted by atomic mass is 16.5. The first kappa shape index (κ1) is 19.4. The van der Waals surface area contributed by atoms with Crippen molar-refractivity contribution in [2.75, 3.05) is 20.2 Å². The average Bonchev–Trinajstić information content (AvgIpc) is 2.74. The lowest BCUT2D eigenvalue weighted by atomic mass is 10.0. The Labute approximate surface area is 164 Å². The molecule has 1 saturated heterocycles. The van der Waals surface area contributed by atoms with Crippen LogP contribution in [0, 0.1) is 11.3 Å². The van der Waals surface area contributed by atoms with E-state index in [1.807, 2.05) is 35.2 Å². The number of likely N-dealkylation sites (tertiary alicyclic amines) is 1. The van der Waals surface area contributed by atoms with Crippen molar-refractivity contribution >= 4 is 11.8 Å². The fourth-order valence-electron chi connectivity index (χ4n) is 3.40. The molecule has 28 heavy (non-hydrogen) atoms. The molecule has 2 amide bonds. The van der Waals surface area contributed by atoms with E-state index in [4.69, 9.17) is 10.00 Å². The molecule has 0 bridgehead atoms. The monoisotopic (exact) mass is 377 g/mol. The number of amides is 2. The van der Waals surface area contributed by atoms with Crippen molar-refractivity contribution in [1.82, 2.24) is 10.2 Å². The molecule has 1 N–H and O–H groups in total. The minimum atomic E-state index is -0.184. The summed E-state index contributed by atoms with van der Waals surface area (Å²) in [6.07, 6.45) is 1.73. The van der Waals surface area contributed by atoms with Gasteiger partial charge in [0.15, 0.2) is 0 Å². The third-order valence-electron chi connectivity index (χ3n) is 4.97. The molecule has 0 saturated carbocycles. The second kappa shape index (κ2) is 9.05. The lowest BCUT2D eigenvalue weighted by Crippen LogP contribution is -2.47. The number of hydrogen-bond donors (Lipinski definition) is 1. The standard InChI is InChI=1S/C22H23N3O3/c1-28-20-8-3-2-6-17(20)14-21(26)25-11-9-19(10-12-25)24-22(27)18-7-4-5-16(13-18)15-23/h2-8,13,19H,9-12,14H2,1H3,(H,24,27). The molecule has 1 heterocycles. The maximum absolute atomic E-state index is 12.6. The molecule has 0 unspecified atom stereocenters. The largest absolute Gasteiger partial charge is 0.496 e. The fourth-order valence-corrected chi connectivity index (χ4v) is 3.40. The van der Waals surface area contributed by atoms with Crippen molar-refractivity contribution in [3.63, 3.8) is 0 Å². The zero-order valence-electron chi connectivity index (χ0n) is 15.9. The lowest BCUT2D eigenvalue weighted by Gasteiger charge is -2.32. The Morgan fingerprint density at radius 3 is 2.64 bits per heavy atom. The van der Waals surface area contributed by atoms with Crippen LogP contribution < -0.4 is 10.1 Å². The van der Waals surface area contributed by atoms with E-state index in [0.29, 0.717) is 43.5 Å². The van der Waals surface area contributed by atoms with Gasteiger partial charge >= 0.3 is 0 Å². The van der Waals surface area contributed by atoms with E-state index in [-0.39, 0.29) is 17.9 Å². The van der Waals surface area contributed by atoms with Gasteiger partial charge in [-0.3, -0.25) is 9.59 Å². The van der Waals surface area contributed by atoms with Crippen LogP contribution in [0.2, 0.25) is 0 Å². The van der Waals surface area contributed by atoms with E-state index >= 15 is 0 Å². The number of benzene rings is 2. The Morgan fingerprint density at radius 1 is 1.18 bits per heavy atom. The van der Waals surface area contributed by atoms with Gasteiger partial charge < -0.3 is 15.0 Å². The number of ether oxygens (including phenoxy) is 1. The van der Waals surface area contributed by atoms with E-state index in [1.54, 1.807) is 31.4 Å². The summed E-state index contributed by atoms with van der Waals surface area (Å²) < 4.78 is 5.31. The van der Waals surface area contributed by atoms with Crippen LogP contribution in [0.5, 0.6) is 5.75 Å². The Hall–Kier alpha value is -3.33. The number of methoxy groups -OCH3 is 1. The molecule has 1 aliphatic heterocycles. The van der Waals surface area contributed by atoms with Gasteiger partial charge in [0.1, 0.15) is 5.75 Å². The molecule has 2 aromatic rings. The SMILES string of the molecule is COc1ccccc1CC(=O)N1CCC(NC(=O)c2cccc(C#N)c2)CC1. The van der Waals surface area contributed by atoms with Crippen molar-refractivity contribution in [2.45, 2.75) is 25.3 Å². The van der Waals surface area contributed by atoms with Crippen molar-refractivity contribution in [3.8, 4) is 11.8 Å². The average molecular weight is 377 g/mol. The Balaban J connectivity index is 1.52. The van der Waals surface area contributed by atoms with Gasteiger partial charge in [0.05, 0.1) is 25.2 Å². The fraction of sp³-hybridized carbons (Fsp3) is 0.318. The number of carbonyl (C=O) groups excluding carboxylic acids is 2. The van der Waals surface area contributed by atoms with Crippen molar-refractivity contribution in [1.29, 1.82) is 5.26 Å². The minimum Gasteiger partial charge on any atom is -0.496 e. The second-order valence-corrected chi connectivity index (χ2v) is 6.81. The van der Waals surface area contributed by atoms with Crippen LogP contribution in [0.25, 0.3) is 0 Å². The molecule has 3 rings (SSSR count). The van der Waals surface area contributed by atoms with Crippen molar-refractivity contribution in [2.24, 2.45) is 0 Å². The summed E-state index contributed by atoms with van der Waals surface area (Å²) in [6, 6.07) is 16.2. The molecule has 2 aromatic carbocycles. The highest BCUT2D eigenvalue weighted by molar-refractivity contribution is 5.94. The van der Waals surface area contributed by atoms with Gasteiger partial charge in [0.25, 0.3) is 5.91 Å². The van der Waals surface area contributed by atoms with Gasteiger partial charge in [-0.2, -0.15) is 5.26 Å². The number of nitrogens with zero attached hydrogens (tertiary/aromatic N) is 2. The quantitative estimate of drug-likeness (QED) is 0.868. The third kappa shape index (κ3) is 4.68. The smallest absolute Gasteiger partial charge is 0.251 e. The van der Waals surface area contributed by atoms with Crippen LogP contribution in [0.15, 0.2) is 48.5 Å². The first-order valence-electron chi connectivity index (χ1n) is 9.31. The van der Waals surface area contributed by atoms with E-state index in [0.717, 1.165) is 11.3 Å². The normalized spacial score (nSPS) is 14.2. The number of rotatable bonds is 5. The molecular formula is C22H23N3O3. The summed E-state index contributed by atoms with van der Waals surface area (Å²) >= 11 is 0. The molecule has 0 aromatic heterocycles. The summed E-state index contributed by atoms with van der Waals surface area (Å²) in [5.74, 6) is 0.601. The molecule has 0 radical (unpaired) electrons. The molecule has 0 atom stereocenters. The van der Waals surface area contributed by atoms with Gasteiger partial charge in [-0.1, -0.05) is 24.3 Å². The van der Waals surface area contributed by atoms with E-state index in [2.05, 4.69) is 5.32 Å². The Bertz CT molecular complexity index is 896.